The van der Waals surface area contributed by atoms with Gasteiger partial charge in [0.2, 0.25) is 6.79 Å². The fourth-order valence-corrected chi connectivity index (χ4v) is 3.51. The zero-order chi connectivity index (χ0) is 18.7. The molecule has 2 aromatic rings. The van der Waals surface area contributed by atoms with E-state index in [0.717, 1.165) is 0 Å². The van der Waals surface area contributed by atoms with Crippen molar-refractivity contribution in [2.24, 2.45) is 5.10 Å². The summed E-state index contributed by atoms with van der Waals surface area (Å²) in [7, 11) is 0. The maximum Gasteiger partial charge on any atom is 0.275 e. The molecule has 0 fully saturated rings. The van der Waals surface area contributed by atoms with Crippen molar-refractivity contribution in [2.45, 2.75) is 6.92 Å². The predicted molar refractivity (Wildman–Crippen MR) is 102 cm³/mol. The number of nitrogens with one attached hydrogen (secondary N) is 1. The molecule has 0 aromatic heterocycles. The number of halogens is 2. The molecule has 26 heavy (non-hydrogen) atoms. The monoisotopic (exact) mass is 484 g/mol. The molecule has 2 aromatic carbocycles. The maximum atomic E-state index is 12.3. The van der Waals surface area contributed by atoms with Gasteiger partial charge in [-0.05, 0) is 41.1 Å². The molecule has 2 N–H and O–H groups in total. The van der Waals surface area contributed by atoms with Crippen LogP contribution in [0.5, 0.6) is 23.0 Å². The highest BCUT2D eigenvalue weighted by Gasteiger charge is 2.18. The molecular weight excluding hydrogens is 472 g/mol. The quantitative estimate of drug-likeness (QED) is 0.496. The van der Waals surface area contributed by atoms with E-state index >= 15 is 0 Å². The van der Waals surface area contributed by atoms with Crippen LogP contribution in [0.25, 0.3) is 0 Å². The van der Waals surface area contributed by atoms with Crippen molar-refractivity contribution >= 4 is 44.0 Å². The molecule has 9 heteroatoms. The van der Waals surface area contributed by atoms with Crippen LogP contribution in [-0.4, -0.2) is 30.6 Å². The highest BCUT2D eigenvalue weighted by molar-refractivity contribution is 9.11. The second kappa shape index (κ2) is 7.96. The van der Waals surface area contributed by atoms with E-state index in [1.54, 1.807) is 18.2 Å². The summed E-state index contributed by atoms with van der Waals surface area (Å²) >= 11 is 6.46. The van der Waals surface area contributed by atoms with E-state index in [1.807, 2.05) is 6.92 Å². The molecule has 1 heterocycles. The minimum Gasteiger partial charge on any atom is -0.506 e. The minimum atomic E-state index is -0.556. The molecule has 0 aliphatic carbocycles. The number of ether oxygens (including phenoxy) is 3. The standard InChI is InChI=1S/C17H14Br2N2O5/c1-2-24-13-6-15-14(25-8-26-15)3-9(13)7-20-21-17(23)11-4-10(18)5-12(19)16(11)22/h3-7,22H,2,8H2,1H3,(H,21,23)/b20-7+. The summed E-state index contributed by atoms with van der Waals surface area (Å²) in [4.78, 5) is 12.3. The molecule has 0 saturated carbocycles. The van der Waals surface area contributed by atoms with Crippen molar-refractivity contribution < 1.29 is 24.1 Å². The van der Waals surface area contributed by atoms with Gasteiger partial charge in [0.1, 0.15) is 11.5 Å². The third-order valence-electron chi connectivity index (χ3n) is 3.45. The summed E-state index contributed by atoms with van der Waals surface area (Å²) in [6.07, 6.45) is 1.44. The predicted octanol–water partition coefficient (Wildman–Crippen LogP) is 3.81. The number of hydrogen-bond acceptors (Lipinski definition) is 6. The first-order valence-corrected chi connectivity index (χ1v) is 9.16. The Morgan fingerprint density at radius 3 is 2.77 bits per heavy atom. The number of benzene rings is 2. The summed E-state index contributed by atoms with van der Waals surface area (Å²) in [5.74, 6) is 1.01. The molecular formula is C17H14Br2N2O5. The summed E-state index contributed by atoms with van der Waals surface area (Å²) in [6, 6.07) is 6.57. The summed E-state index contributed by atoms with van der Waals surface area (Å²) < 4.78 is 17.3. The number of phenols is 1. The lowest BCUT2D eigenvalue weighted by molar-refractivity contribution is 0.0952. The Labute approximate surface area is 166 Å². The van der Waals surface area contributed by atoms with Crippen molar-refractivity contribution in [3.05, 3.63) is 44.3 Å². The first kappa shape index (κ1) is 18.5. The molecule has 0 spiro atoms. The van der Waals surface area contributed by atoms with Gasteiger partial charge in [-0.1, -0.05) is 15.9 Å². The number of fused-ring (bicyclic) bond motifs is 1. The van der Waals surface area contributed by atoms with Crippen LogP contribution in [0.2, 0.25) is 0 Å². The number of rotatable bonds is 5. The van der Waals surface area contributed by atoms with E-state index in [9.17, 15) is 9.90 Å². The van der Waals surface area contributed by atoms with Gasteiger partial charge in [0.05, 0.1) is 22.9 Å². The van der Waals surface area contributed by atoms with E-state index in [-0.39, 0.29) is 18.1 Å². The molecule has 1 aliphatic rings. The zero-order valence-corrected chi connectivity index (χ0v) is 16.8. The van der Waals surface area contributed by atoms with E-state index in [4.69, 9.17) is 14.2 Å². The number of phenolic OH excluding ortho intramolecular Hbond substituents is 1. The Morgan fingerprint density at radius 1 is 1.31 bits per heavy atom. The van der Waals surface area contributed by atoms with Gasteiger partial charge in [0.15, 0.2) is 11.5 Å². The molecule has 3 rings (SSSR count). The lowest BCUT2D eigenvalue weighted by Gasteiger charge is -2.08. The molecule has 0 unspecified atom stereocenters. The highest BCUT2D eigenvalue weighted by Crippen LogP contribution is 2.37. The van der Waals surface area contributed by atoms with Crippen LogP contribution in [0.3, 0.4) is 0 Å². The van der Waals surface area contributed by atoms with Crippen molar-refractivity contribution in [3.63, 3.8) is 0 Å². The van der Waals surface area contributed by atoms with E-state index in [1.165, 1.54) is 12.3 Å². The maximum absolute atomic E-state index is 12.3. The van der Waals surface area contributed by atoms with Crippen molar-refractivity contribution in [1.29, 1.82) is 0 Å². The number of hydrazone groups is 1. The number of aromatic hydroxyl groups is 1. The third kappa shape index (κ3) is 3.94. The Balaban J connectivity index is 1.79. The number of carbonyl (C=O) groups is 1. The molecule has 0 saturated heterocycles. The number of carbonyl (C=O) groups excluding carboxylic acids is 1. The molecule has 1 amide bonds. The number of nitrogens with zero attached hydrogens (tertiary/aromatic N) is 1. The SMILES string of the molecule is CCOc1cc2c(cc1/C=N/NC(=O)c1cc(Br)cc(Br)c1O)OCO2. The summed E-state index contributed by atoms with van der Waals surface area (Å²) in [5.41, 5.74) is 3.08. The second-order valence-electron chi connectivity index (χ2n) is 5.16. The smallest absolute Gasteiger partial charge is 0.275 e. The van der Waals surface area contributed by atoms with Crippen molar-refractivity contribution in [1.82, 2.24) is 5.43 Å². The summed E-state index contributed by atoms with van der Waals surface area (Å²) in [6.45, 7) is 2.48. The zero-order valence-electron chi connectivity index (χ0n) is 13.6. The average Bonchev–Trinajstić information content (AvgIpc) is 3.05. The topological polar surface area (TPSA) is 89.4 Å². The van der Waals surface area contributed by atoms with E-state index in [0.29, 0.717) is 38.4 Å². The van der Waals surface area contributed by atoms with Crippen molar-refractivity contribution in [3.8, 4) is 23.0 Å². The van der Waals surface area contributed by atoms with Gasteiger partial charge >= 0.3 is 0 Å². The van der Waals surface area contributed by atoms with Gasteiger partial charge in [0, 0.05) is 16.1 Å². The average molecular weight is 486 g/mol. The van der Waals surface area contributed by atoms with Gasteiger partial charge in [-0.25, -0.2) is 5.43 Å². The van der Waals surface area contributed by atoms with Gasteiger partial charge in [0.25, 0.3) is 5.91 Å². The van der Waals surface area contributed by atoms with Crippen LogP contribution in [0.1, 0.15) is 22.8 Å². The van der Waals surface area contributed by atoms with Crippen molar-refractivity contribution in [2.75, 3.05) is 13.4 Å². The first-order valence-electron chi connectivity index (χ1n) is 7.57. The second-order valence-corrected chi connectivity index (χ2v) is 6.93. The Kier molecular flexibility index (Phi) is 5.67. The Morgan fingerprint density at radius 2 is 2.04 bits per heavy atom. The molecule has 0 bridgehead atoms. The Bertz CT molecular complexity index is 886. The fourth-order valence-electron chi connectivity index (χ4n) is 2.28. The van der Waals surface area contributed by atoms with Gasteiger partial charge in [-0.2, -0.15) is 5.10 Å². The summed E-state index contributed by atoms with van der Waals surface area (Å²) in [5, 5.41) is 13.9. The van der Waals surface area contributed by atoms with Crippen LogP contribution in [0.4, 0.5) is 0 Å². The van der Waals surface area contributed by atoms with E-state index in [2.05, 4.69) is 42.4 Å². The fraction of sp³-hybridized carbons (Fsp3) is 0.176. The van der Waals surface area contributed by atoms with Crippen LogP contribution in [0.15, 0.2) is 38.3 Å². The van der Waals surface area contributed by atoms with Crippen LogP contribution < -0.4 is 19.6 Å². The highest BCUT2D eigenvalue weighted by atomic mass is 79.9. The normalized spacial score (nSPS) is 12.4. The van der Waals surface area contributed by atoms with Crippen LogP contribution >= 0.6 is 31.9 Å². The first-order chi connectivity index (χ1) is 12.5. The number of hydrogen-bond donors (Lipinski definition) is 2. The molecule has 1 aliphatic heterocycles. The van der Waals surface area contributed by atoms with Crippen LogP contribution in [0, 0.1) is 0 Å². The Hall–Kier alpha value is -2.26. The largest absolute Gasteiger partial charge is 0.506 e. The van der Waals surface area contributed by atoms with Gasteiger partial charge < -0.3 is 19.3 Å². The molecule has 7 nitrogen and oxygen atoms in total. The molecule has 136 valence electrons. The van der Waals surface area contributed by atoms with E-state index < -0.39 is 5.91 Å². The minimum absolute atomic E-state index is 0.0825. The van der Waals surface area contributed by atoms with Gasteiger partial charge in [-0.15, -0.1) is 0 Å². The number of amides is 1. The molecule has 0 radical (unpaired) electrons. The van der Waals surface area contributed by atoms with Gasteiger partial charge in [-0.3, -0.25) is 4.79 Å². The molecule has 0 atom stereocenters. The third-order valence-corrected chi connectivity index (χ3v) is 4.51. The lowest BCUT2D eigenvalue weighted by Crippen LogP contribution is -2.18. The lowest BCUT2D eigenvalue weighted by atomic mass is 10.2. The van der Waals surface area contributed by atoms with Crippen LogP contribution in [-0.2, 0) is 0 Å².